The Hall–Kier alpha value is -2.78. The fourth-order valence-corrected chi connectivity index (χ4v) is 4.95. The number of nitrogens with zero attached hydrogens (tertiary/aromatic N) is 5. The molecule has 3 aromatic rings. The zero-order valence-electron chi connectivity index (χ0n) is 17.3. The minimum Gasteiger partial charge on any atom is -0.421 e. The number of likely N-dealkylation sites (tertiary alicyclic amines) is 2. The molecule has 1 spiro atoms. The molecule has 2 aromatic heterocycles. The summed E-state index contributed by atoms with van der Waals surface area (Å²) in [6.07, 6.45) is 2.88. The second kappa shape index (κ2) is 7.48. The number of amides is 1. The van der Waals surface area contributed by atoms with E-state index in [1.807, 2.05) is 29.2 Å². The SMILES string of the molecule is COCc1nnc(C2CC3(CCN(C(=O)c4n[nH]c5ccccc45)CC3)CN2C)o1. The number of H-pyrrole nitrogens is 1. The van der Waals surface area contributed by atoms with Crippen LogP contribution in [0.3, 0.4) is 0 Å². The molecule has 0 saturated carbocycles. The number of ether oxygens (including phenoxy) is 1. The topological polar surface area (TPSA) is 100 Å². The van der Waals surface area contributed by atoms with Crippen molar-refractivity contribution in [3.63, 3.8) is 0 Å². The smallest absolute Gasteiger partial charge is 0.274 e. The van der Waals surface area contributed by atoms with Gasteiger partial charge >= 0.3 is 0 Å². The van der Waals surface area contributed by atoms with E-state index in [1.165, 1.54) is 0 Å². The van der Waals surface area contributed by atoms with Crippen LogP contribution in [0.5, 0.6) is 0 Å². The van der Waals surface area contributed by atoms with Crippen molar-refractivity contribution in [1.29, 1.82) is 0 Å². The second-order valence-corrected chi connectivity index (χ2v) is 8.51. The molecule has 1 amide bonds. The molecule has 2 aliphatic heterocycles. The van der Waals surface area contributed by atoms with E-state index in [1.54, 1.807) is 7.11 Å². The van der Waals surface area contributed by atoms with Crippen molar-refractivity contribution in [2.24, 2.45) is 5.41 Å². The third-order valence-corrected chi connectivity index (χ3v) is 6.56. The molecule has 1 aromatic carbocycles. The molecule has 1 N–H and O–H groups in total. The third-order valence-electron chi connectivity index (χ3n) is 6.56. The number of aromatic amines is 1. The van der Waals surface area contributed by atoms with Crippen LogP contribution in [0.2, 0.25) is 0 Å². The number of fused-ring (bicyclic) bond motifs is 1. The number of rotatable bonds is 4. The van der Waals surface area contributed by atoms with E-state index in [0.717, 1.165) is 49.8 Å². The van der Waals surface area contributed by atoms with Gasteiger partial charge in [-0.05, 0) is 37.8 Å². The number of carbonyl (C=O) groups is 1. The number of para-hydroxylation sites is 1. The molecule has 9 nitrogen and oxygen atoms in total. The summed E-state index contributed by atoms with van der Waals surface area (Å²) < 4.78 is 10.9. The van der Waals surface area contributed by atoms with Gasteiger partial charge in [0.15, 0.2) is 5.69 Å². The molecular weight excluding hydrogens is 384 g/mol. The second-order valence-electron chi connectivity index (χ2n) is 8.51. The highest BCUT2D eigenvalue weighted by atomic mass is 16.5. The first kappa shape index (κ1) is 19.2. The first-order valence-corrected chi connectivity index (χ1v) is 10.3. The van der Waals surface area contributed by atoms with E-state index in [9.17, 15) is 4.79 Å². The summed E-state index contributed by atoms with van der Waals surface area (Å²) in [5.74, 6) is 1.17. The molecule has 9 heteroatoms. The van der Waals surface area contributed by atoms with Crippen molar-refractivity contribution >= 4 is 16.8 Å². The van der Waals surface area contributed by atoms with Crippen LogP contribution in [0.15, 0.2) is 28.7 Å². The average molecular weight is 410 g/mol. The van der Waals surface area contributed by atoms with Crippen molar-refractivity contribution in [2.75, 3.05) is 33.8 Å². The standard InChI is InChI=1S/C21H26N6O3/c1-26-13-21(11-16(26)19-25-23-17(30-19)12-29-2)7-9-27(10-8-21)20(28)18-14-5-3-4-6-15(14)22-24-18/h3-6,16H,7-13H2,1-2H3,(H,22,24). The van der Waals surface area contributed by atoms with Crippen LogP contribution >= 0.6 is 0 Å². The Bertz CT molecular complexity index is 1050. The summed E-state index contributed by atoms with van der Waals surface area (Å²) in [6, 6.07) is 7.86. The lowest BCUT2D eigenvalue weighted by Gasteiger charge is -2.39. The van der Waals surface area contributed by atoms with E-state index >= 15 is 0 Å². The van der Waals surface area contributed by atoms with Gasteiger partial charge in [-0.2, -0.15) is 5.10 Å². The molecule has 0 aliphatic carbocycles. The van der Waals surface area contributed by atoms with Crippen molar-refractivity contribution in [3.05, 3.63) is 41.7 Å². The predicted octanol–water partition coefficient (Wildman–Crippen LogP) is 2.39. The monoisotopic (exact) mass is 410 g/mol. The average Bonchev–Trinajstić information content (AvgIpc) is 3.46. The summed E-state index contributed by atoms with van der Waals surface area (Å²) in [5, 5.41) is 16.4. The van der Waals surface area contributed by atoms with Crippen LogP contribution in [-0.4, -0.2) is 69.9 Å². The van der Waals surface area contributed by atoms with Crippen molar-refractivity contribution in [3.8, 4) is 0 Å². The van der Waals surface area contributed by atoms with Gasteiger partial charge in [-0.15, -0.1) is 10.2 Å². The van der Waals surface area contributed by atoms with Gasteiger partial charge in [0.25, 0.3) is 5.91 Å². The zero-order valence-corrected chi connectivity index (χ0v) is 17.3. The molecule has 0 bridgehead atoms. The number of hydrogen-bond acceptors (Lipinski definition) is 7. The van der Waals surface area contributed by atoms with Gasteiger partial charge in [0.1, 0.15) is 6.61 Å². The first-order valence-electron chi connectivity index (χ1n) is 10.3. The lowest BCUT2D eigenvalue weighted by molar-refractivity contribution is 0.0589. The minimum atomic E-state index is 0.00584. The van der Waals surface area contributed by atoms with Crippen LogP contribution in [0, 0.1) is 5.41 Å². The summed E-state index contributed by atoms with van der Waals surface area (Å²) in [6.45, 7) is 2.76. The lowest BCUT2D eigenvalue weighted by atomic mass is 9.76. The summed E-state index contributed by atoms with van der Waals surface area (Å²) in [7, 11) is 3.72. The quantitative estimate of drug-likeness (QED) is 0.705. The molecule has 2 aliphatic rings. The highest BCUT2D eigenvalue weighted by Crippen LogP contribution is 2.48. The Morgan fingerprint density at radius 3 is 2.90 bits per heavy atom. The largest absolute Gasteiger partial charge is 0.421 e. The number of nitrogens with one attached hydrogen (secondary N) is 1. The Morgan fingerprint density at radius 2 is 2.10 bits per heavy atom. The zero-order chi connectivity index (χ0) is 20.7. The van der Waals surface area contributed by atoms with Crippen LogP contribution in [0.1, 0.15) is 47.6 Å². The number of hydrogen-bond donors (Lipinski definition) is 1. The van der Waals surface area contributed by atoms with Crippen molar-refractivity contribution in [2.45, 2.75) is 31.9 Å². The van der Waals surface area contributed by atoms with Crippen LogP contribution in [-0.2, 0) is 11.3 Å². The molecule has 30 heavy (non-hydrogen) atoms. The van der Waals surface area contributed by atoms with Gasteiger partial charge in [0.2, 0.25) is 11.8 Å². The van der Waals surface area contributed by atoms with Gasteiger partial charge in [-0.25, -0.2) is 0 Å². The van der Waals surface area contributed by atoms with E-state index in [4.69, 9.17) is 9.15 Å². The summed E-state index contributed by atoms with van der Waals surface area (Å²) in [5.41, 5.74) is 1.57. The van der Waals surface area contributed by atoms with Crippen LogP contribution in [0.25, 0.3) is 10.9 Å². The maximum Gasteiger partial charge on any atom is 0.274 e. The van der Waals surface area contributed by atoms with Gasteiger partial charge < -0.3 is 14.1 Å². The Labute approximate surface area is 174 Å². The third kappa shape index (κ3) is 3.27. The number of aromatic nitrogens is 4. The Kier molecular flexibility index (Phi) is 4.79. The normalized spacial score (nSPS) is 21.7. The van der Waals surface area contributed by atoms with Crippen molar-refractivity contribution < 1.29 is 13.9 Å². The van der Waals surface area contributed by atoms with Gasteiger partial charge in [0, 0.05) is 32.1 Å². The molecule has 0 radical (unpaired) electrons. The number of carbonyl (C=O) groups excluding carboxylic acids is 1. The molecule has 1 atom stereocenters. The summed E-state index contributed by atoms with van der Waals surface area (Å²) >= 11 is 0. The molecule has 4 heterocycles. The van der Waals surface area contributed by atoms with Gasteiger partial charge in [-0.1, -0.05) is 18.2 Å². The van der Waals surface area contributed by atoms with E-state index in [0.29, 0.717) is 24.1 Å². The highest BCUT2D eigenvalue weighted by molar-refractivity contribution is 6.04. The highest BCUT2D eigenvalue weighted by Gasteiger charge is 2.47. The van der Waals surface area contributed by atoms with Crippen LogP contribution in [0.4, 0.5) is 0 Å². The summed E-state index contributed by atoms with van der Waals surface area (Å²) in [4.78, 5) is 17.3. The number of piperidine rings is 1. The Morgan fingerprint density at radius 1 is 1.30 bits per heavy atom. The lowest BCUT2D eigenvalue weighted by Crippen LogP contribution is -2.44. The number of methoxy groups -OCH3 is 1. The van der Waals surface area contributed by atoms with Crippen molar-refractivity contribution in [1.82, 2.24) is 30.2 Å². The maximum atomic E-state index is 13.1. The molecule has 5 rings (SSSR count). The molecule has 1 unspecified atom stereocenters. The van der Waals surface area contributed by atoms with Gasteiger partial charge in [-0.3, -0.25) is 14.8 Å². The predicted molar refractivity (Wildman–Crippen MR) is 109 cm³/mol. The number of benzene rings is 1. The van der Waals surface area contributed by atoms with Crippen LogP contribution < -0.4 is 0 Å². The fourth-order valence-electron chi connectivity index (χ4n) is 4.95. The minimum absolute atomic E-state index is 0.00584. The fraction of sp³-hybridized carbons (Fsp3) is 0.524. The Balaban J connectivity index is 1.26. The van der Waals surface area contributed by atoms with Gasteiger partial charge in [0.05, 0.1) is 11.6 Å². The molecule has 2 fully saturated rings. The molecule has 2 saturated heterocycles. The molecule has 158 valence electrons. The molecular formula is C21H26N6O3. The maximum absolute atomic E-state index is 13.1. The van der Waals surface area contributed by atoms with E-state index in [-0.39, 0.29) is 17.4 Å². The van der Waals surface area contributed by atoms with E-state index < -0.39 is 0 Å². The first-order chi connectivity index (χ1) is 14.6. The van der Waals surface area contributed by atoms with E-state index in [2.05, 4.69) is 32.3 Å².